The first-order valence-electron chi connectivity index (χ1n) is 5.38. The second kappa shape index (κ2) is 3.33. The molecule has 0 unspecified atom stereocenters. The molecule has 1 aromatic rings. The van der Waals surface area contributed by atoms with E-state index in [4.69, 9.17) is 0 Å². The van der Waals surface area contributed by atoms with Crippen LogP contribution in [-0.2, 0) is 15.7 Å². The molecule has 0 saturated heterocycles. The van der Waals surface area contributed by atoms with Crippen LogP contribution in [0, 0.1) is 0 Å². The summed E-state index contributed by atoms with van der Waals surface area (Å²) in [4.78, 5) is 12.1. The highest BCUT2D eigenvalue weighted by Gasteiger charge is 2.42. The van der Waals surface area contributed by atoms with Crippen molar-refractivity contribution in [1.29, 1.82) is 0 Å². The van der Waals surface area contributed by atoms with Crippen molar-refractivity contribution in [3.8, 4) is 0 Å². The smallest absolute Gasteiger partial charge is 0.230 e. The molecule has 1 amide bonds. The molecule has 1 aromatic carbocycles. The van der Waals surface area contributed by atoms with Gasteiger partial charge < -0.3 is 5.32 Å². The highest BCUT2D eigenvalue weighted by Crippen LogP contribution is 2.39. The number of carbonyl (C=O) groups is 1. The number of rotatable bonds is 0. The number of benzene rings is 1. The molecule has 0 spiro atoms. The lowest BCUT2D eigenvalue weighted by atomic mass is 9.72. The van der Waals surface area contributed by atoms with Crippen LogP contribution in [0.1, 0.15) is 38.8 Å². The predicted molar refractivity (Wildman–Crippen MR) is 68.3 cm³/mol. The lowest BCUT2D eigenvalue weighted by molar-refractivity contribution is -0.128. The van der Waals surface area contributed by atoms with Crippen LogP contribution in [0.3, 0.4) is 0 Å². The molecule has 0 aliphatic carbocycles. The van der Waals surface area contributed by atoms with Crippen LogP contribution >= 0.6 is 15.9 Å². The van der Waals surface area contributed by atoms with Gasteiger partial charge in [0.25, 0.3) is 0 Å². The molecule has 2 nitrogen and oxygen atoms in total. The van der Waals surface area contributed by atoms with Gasteiger partial charge in [0.1, 0.15) is 0 Å². The van der Waals surface area contributed by atoms with E-state index in [0.717, 1.165) is 10.0 Å². The Hall–Kier alpha value is -0.830. The fourth-order valence-electron chi connectivity index (χ4n) is 2.21. The van der Waals surface area contributed by atoms with Crippen molar-refractivity contribution in [2.45, 2.75) is 38.6 Å². The van der Waals surface area contributed by atoms with Crippen molar-refractivity contribution in [3.05, 3.63) is 33.8 Å². The van der Waals surface area contributed by atoms with Gasteiger partial charge in [-0.05, 0) is 51.0 Å². The molecule has 0 bridgehead atoms. The van der Waals surface area contributed by atoms with Crippen LogP contribution in [0.5, 0.6) is 0 Å². The topological polar surface area (TPSA) is 29.1 Å². The lowest BCUT2D eigenvalue weighted by Gasteiger charge is -2.41. The van der Waals surface area contributed by atoms with Crippen LogP contribution in [0.4, 0.5) is 0 Å². The van der Waals surface area contributed by atoms with Gasteiger partial charge in [0.2, 0.25) is 5.91 Å². The van der Waals surface area contributed by atoms with Crippen LogP contribution in [0.25, 0.3) is 0 Å². The zero-order valence-corrected chi connectivity index (χ0v) is 11.6. The molecule has 0 radical (unpaired) electrons. The van der Waals surface area contributed by atoms with E-state index in [1.54, 1.807) is 0 Å². The molecule has 1 N–H and O–H groups in total. The van der Waals surface area contributed by atoms with Crippen molar-refractivity contribution in [3.63, 3.8) is 0 Å². The summed E-state index contributed by atoms with van der Waals surface area (Å²) in [6, 6.07) is 6.16. The van der Waals surface area contributed by atoms with Crippen LogP contribution in [-0.4, -0.2) is 5.91 Å². The monoisotopic (exact) mass is 281 g/mol. The maximum absolute atomic E-state index is 12.1. The third-order valence-corrected chi connectivity index (χ3v) is 3.82. The largest absolute Gasteiger partial charge is 0.346 e. The summed E-state index contributed by atoms with van der Waals surface area (Å²) in [6.45, 7) is 7.99. The highest BCUT2D eigenvalue weighted by molar-refractivity contribution is 9.10. The van der Waals surface area contributed by atoms with Crippen molar-refractivity contribution in [2.24, 2.45) is 0 Å². The highest BCUT2D eigenvalue weighted by atomic mass is 79.9. The first-order chi connectivity index (χ1) is 7.25. The summed E-state index contributed by atoms with van der Waals surface area (Å²) in [5.41, 5.74) is 1.55. The van der Waals surface area contributed by atoms with Crippen LogP contribution in [0.2, 0.25) is 0 Å². The number of fused-ring (bicyclic) bond motifs is 1. The Morgan fingerprint density at radius 2 is 1.75 bits per heavy atom. The Bertz CT molecular complexity index is 463. The normalized spacial score (nSPS) is 21.2. The summed E-state index contributed by atoms with van der Waals surface area (Å²) < 4.78 is 1.02. The zero-order chi connectivity index (χ0) is 12.1. The maximum atomic E-state index is 12.1. The quantitative estimate of drug-likeness (QED) is 0.778. The second-order valence-electron chi connectivity index (χ2n) is 5.39. The molecule has 16 heavy (non-hydrogen) atoms. The summed E-state index contributed by atoms with van der Waals surface area (Å²) >= 11 is 3.47. The third-order valence-electron chi connectivity index (χ3n) is 3.32. The van der Waals surface area contributed by atoms with E-state index in [-0.39, 0.29) is 11.4 Å². The average Bonchev–Trinajstić information content (AvgIpc) is 2.14. The number of nitrogens with one attached hydrogen (secondary N) is 1. The Balaban J connectivity index is 2.73. The molecular weight excluding hydrogens is 266 g/mol. The van der Waals surface area contributed by atoms with Gasteiger partial charge in [-0.2, -0.15) is 0 Å². The van der Waals surface area contributed by atoms with E-state index in [2.05, 4.69) is 33.4 Å². The van der Waals surface area contributed by atoms with E-state index >= 15 is 0 Å². The van der Waals surface area contributed by atoms with Gasteiger partial charge in [0, 0.05) is 4.47 Å². The number of hydrogen-bond donors (Lipinski definition) is 1. The fraction of sp³-hybridized carbons (Fsp3) is 0.462. The molecule has 1 aliphatic heterocycles. The first kappa shape index (κ1) is 11.6. The molecule has 0 fully saturated rings. The van der Waals surface area contributed by atoms with E-state index in [1.165, 1.54) is 5.56 Å². The van der Waals surface area contributed by atoms with E-state index in [9.17, 15) is 4.79 Å². The summed E-state index contributed by atoms with van der Waals surface area (Å²) in [6.07, 6.45) is 0. The molecule has 1 heterocycles. The van der Waals surface area contributed by atoms with Gasteiger partial charge in [-0.3, -0.25) is 4.79 Å². The Kier molecular flexibility index (Phi) is 2.42. The molecule has 0 atom stereocenters. The molecule has 1 aliphatic rings. The standard InChI is InChI=1S/C13H16BrNO/c1-12(2)10-7-8(14)5-6-9(10)13(3,4)15-11(12)16/h5-7H,1-4H3,(H,15,16). The lowest BCUT2D eigenvalue weighted by Crippen LogP contribution is -2.54. The number of hydrogen-bond acceptors (Lipinski definition) is 1. The third kappa shape index (κ3) is 1.58. The van der Waals surface area contributed by atoms with Gasteiger partial charge in [-0.15, -0.1) is 0 Å². The van der Waals surface area contributed by atoms with Crippen molar-refractivity contribution in [2.75, 3.05) is 0 Å². The second-order valence-corrected chi connectivity index (χ2v) is 6.31. The number of carbonyl (C=O) groups excluding carboxylic acids is 1. The van der Waals surface area contributed by atoms with Gasteiger partial charge in [-0.25, -0.2) is 0 Å². The predicted octanol–water partition coefficient (Wildman–Crippen LogP) is 3.09. The molecular formula is C13H16BrNO. The van der Waals surface area contributed by atoms with Crippen molar-refractivity contribution >= 4 is 21.8 Å². The maximum Gasteiger partial charge on any atom is 0.230 e. The minimum Gasteiger partial charge on any atom is -0.346 e. The molecule has 2 rings (SSSR count). The number of halogens is 1. The Morgan fingerprint density at radius 1 is 1.12 bits per heavy atom. The minimum absolute atomic E-state index is 0.0862. The summed E-state index contributed by atoms with van der Waals surface area (Å²) in [5.74, 6) is 0.0862. The van der Waals surface area contributed by atoms with Gasteiger partial charge in [0.05, 0.1) is 11.0 Å². The molecule has 3 heteroatoms. The van der Waals surface area contributed by atoms with Gasteiger partial charge in [-0.1, -0.05) is 22.0 Å². The van der Waals surface area contributed by atoms with Crippen LogP contribution < -0.4 is 5.32 Å². The Morgan fingerprint density at radius 3 is 2.38 bits per heavy atom. The molecule has 0 saturated carbocycles. The van der Waals surface area contributed by atoms with Gasteiger partial charge in [0.15, 0.2) is 0 Å². The first-order valence-corrected chi connectivity index (χ1v) is 6.17. The SMILES string of the molecule is CC1(C)NC(=O)C(C)(C)c2cc(Br)ccc21. The summed E-state index contributed by atoms with van der Waals surface area (Å²) in [5, 5.41) is 3.07. The average molecular weight is 282 g/mol. The van der Waals surface area contributed by atoms with Gasteiger partial charge >= 0.3 is 0 Å². The fourth-order valence-corrected chi connectivity index (χ4v) is 2.57. The van der Waals surface area contributed by atoms with Crippen LogP contribution in [0.15, 0.2) is 22.7 Å². The van der Waals surface area contributed by atoms with Crippen molar-refractivity contribution in [1.82, 2.24) is 5.32 Å². The number of amides is 1. The van der Waals surface area contributed by atoms with E-state index in [1.807, 2.05) is 33.8 Å². The van der Waals surface area contributed by atoms with Crippen molar-refractivity contribution < 1.29 is 4.79 Å². The summed E-state index contributed by atoms with van der Waals surface area (Å²) in [7, 11) is 0. The molecule has 86 valence electrons. The Labute approximate surface area is 105 Å². The zero-order valence-electron chi connectivity index (χ0n) is 10.0. The molecule has 0 aromatic heterocycles. The van der Waals surface area contributed by atoms with E-state index in [0.29, 0.717) is 0 Å². The van der Waals surface area contributed by atoms with E-state index < -0.39 is 5.41 Å². The minimum atomic E-state index is -0.464.